The third kappa shape index (κ3) is 6.95. The van der Waals surface area contributed by atoms with Gasteiger partial charge in [0.15, 0.2) is 11.0 Å². The predicted octanol–water partition coefficient (Wildman–Crippen LogP) is 5.27. The minimum absolute atomic E-state index is 0.0333. The van der Waals surface area contributed by atoms with Crippen LogP contribution in [0.3, 0.4) is 0 Å². The van der Waals surface area contributed by atoms with Crippen LogP contribution in [0.4, 0.5) is 0 Å². The van der Waals surface area contributed by atoms with Crippen LogP contribution >= 0.6 is 11.8 Å². The number of thioether (sulfide) groups is 1. The van der Waals surface area contributed by atoms with Crippen LogP contribution < -0.4 is 10.2 Å². The lowest BCUT2D eigenvalue weighted by Crippen LogP contribution is -2.20. The molecule has 0 fully saturated rings. The zero-order chi connectivity index (χ0) is 28.7. The van der Waals surface area contributed by atoms with Crippen molar-refractivity contribution >= 4 is 29.9 Å². The Balaban J connectivity index is 1.50. The number of hydrogen-bond acceptors (Lipinski definition) is 8. The average Bonchev–Trinajstić information content (AvgIpc) is 3.39. The second-order valence-electron chi connectivity index (χ2n) is 9.86. The summed E-state index contributed by atoms with van der Waals surface area (Å²) in [5.41, 5.74) is 6.70. The van der Waals surface area contributed by atoms with E-state index < -0.39 is 5.97 Å². The van der Waals surface area contributed by atoms with Crippen molar-refractivity contribution in [2.75, 3.05) is 20.0 Å². The molecule has 4 rings (SSSR count). The molecule has 0 bridgehead atoms. The molecule has 0 aliphatic heterocycles. The van der Waals surface area contributed by atoms with Gasteiger partial charge in [0.1, 0.15) is 5.75 Å². The van der Waals surface area contributed by atoms with Crippen molar-refractivity contribution in [3.63, 3.8) is 0 Å². The van der Waals surface area contributed by atoms with Crippen molar-refractivity contribution in [1.29, 1.82) is 0 Å². The molecule has 0 aliphatic rings. The van der Waals surface area contributed by atoms with Crippen LogP contribution in [0.25, 0.3) is 17.1 Å². The molecule has 0 radical (unpaired) electrons. The highest BCUT2D eigenvalue weighted by Gasteiger charge is 2.19. The maximum Gasteiger partial charge on any atom is 0.337 e. The zero-order valence-corrected chi connectivity index (χ0v) is 23.9. The van der Waals surface area contributed by atoms with E-state index in [2.05, 4.69) is 53.6 Å². The number of esters is 1. The van der Waals surface area contributed by atoms with E-state index in [-0.39, 0.29) is 17.1 Å². The first-order valence-electron chi connectivity index (χ1n) is 12.5. The quantitative estimate of drug-likeness (QED) is 0.129. The van der Waals surface area contributed by atoms with Gasteiger partial charge in [0, 0.05) is 11.3 Å². The van der Waals surface area contributed by atoms with E-state index in [1.54, 1.807) is 31.4 Å². The van der Waals surface area contributed by atoms with Crippen LogP contribution in [0.2, 0.25) is 0 Å². The van der Waals surface area contributed by atoms with Crippen molar-refractivity contribution < 1.29 is 19.1 Å². The van der Waals surface area contributed by atoms with Gasteiger partial charge in [0.25, 0.3) is 5.91 Å². The Hall–Kier alpha value is -4.44. The van der Waals surface area contributed by atoms with Crippen molar-refractivity contribution in [2.24, 2.45) is 5.10 Å². The van der Waals surface area contributed by atoms with Crippen molar-refractivity contribution in [2.45, 2.75) is 31.3 Å². The molecule has 0 saturated heterocycles. The lowest BCUT2D eigenvalue weighted by molar-refractivity contribution is -0.118. The van der Waals surface area contributed by atoms with Crippen LogP contribution in [0, 0.1) is 0 Å². The summed E-state index contributed by atoms with van der Waals surface area (Å²) in [7, 11) is 2.95. The van der Waals surface area contributed by atoms with Gasteiger partial charge in [-0.2, -0.15) is 5.10 Å². The number of hydrogen-bond donors (Lipinski definition) is 1. The molecule has 1 aromatic heterocycles. The van der Waals surface area contributed by atoms with E-state index >= 15 is 0 Å². The van der Waals surface area contributed by atoms with Crippen molar-refractivity contribution in [3.05, 3.63) is 89.5 Å². The fraction of sp³-hybridized carbons (Fsp3) is 0.233. The minimum atomic E-state index is -0.415. The first kappa shape index (κ1) is 28.6. The molecule has 206 valence electrons. The van der Waals surface area contributed by atoms with E-state index in [0.717, 1.165) is 22.6 Å². The van der Waals surface area contributed by atoms with Crippen LogP contribution in [-0.4, -0.2) is 52.8 Å². The highest BCUT2D eigenvalue weighted by Crippen LogP contribution is 2.30. The normalized spacial score (nSPS) is 11.4. The Labute approximate surface area is 237 Å². The number of ether oxygens (including phenoxy) is 2. The Morgan fingerprint density at radius 1 is 0.950 bits per heavy atom. The number of benzene rings is 3. The summed E-state index contributed by atoms with van der Waals surface area (Å²) in [6.07, 6.45) is 1.50. The minimum Gasteiger partial charge on any atom is -0.497 e. The maximum absolute atomic E-state index is 12.5. The van der Waals surface area contributed by atoms with E-state index in [1.807, 2.05) is 41.0 Å². The fourth-order valence-corrected chi connectivity index (χ4v) is 4.54. The highest BCUT2D eigenvalue weighted by atomic mass is 32.2. The van der Waals surface area contributed by atoms with Crippen LogP contribution in [0.15, 0.2) is 83.1 Å². The molecule has 1 amide bonds. The van der Waals surface area contributed by atoms with Gasteiger partial charge in [-0.05, 0) is 52.9 Å². The van der Waals surface area contributed by atoms with Gasteiger partial charge in [0.2, 0.25) is 0 Å². The first-order chi connectivity index (χ1) is 19.2. The van der Waals surface area contributed by atoms with Crippen molar-refractivity contribution in [1.82, 2.24) is 20.2 Å². The molecule has 0 unspecified atom stereocenters. The van der Waals surface area contributed by atoms with Gasteiger partial charge in [-0.1, -0.05) is 68.9 Å². The summed E-state index contributed by atoms with van der Waals surface area (Å²) in [4.78, 5) is 24.1. The summed E-state index contributed by atoms with van der Waals surface area (Å²) in [5.74, 6) is 0.769. The zero-order valence-electron chi connectivity index (χ0n) is 23.0. The number of amides is 1. The number of nitrogens with one attached hydrogen (secondary N) is 1. The van der Waals surface area contributed by atoms with Gasteiger partial charge in [-0.3, -0.25) is 9.36 Å². The lowest BCUT2D eigenvalue weighted by Gasteiger charge is -2.19. The van der Waals surface area contributed by atoms with E-state index in [1.165, 1.54) is 30.6 Å². The number of methoxy groups -OCH3 is 2. The SMILES string of the molecule is COC(=O)c1ccc(C=NNC(=O)CSc2nnc(-c3ccc(C(C)(C)C)cc3)n2-c2ccc(OC)cc2)cc1. The molecule has 1 heterocycles. The number of carbonyl (C=O) groups excluding carboxylic acids is 2. The molecule has 3 aromatic carbocycles. The molecule has 40 heavy (non-hydrogen) atoms. The maximum atomic E-state index is 12.5. The Morgan fingerprint density at radius 3 is 2.23 bits per heavy atom. The lowest BCUT2D eigenvalue weighted by atomic mass is 9.87. The Morgan fingerprint density at radius 2 is 1.62 bits per heavy atom. The molecule has 0 saturated carbocycles. The fourth-order valence-electron chi connectivity index (χ4n) is 3.80. The summed E-state index contributed by atoms with van der Waals surface area (Å²) < 4.78 is 11.9. The van der Waals surface area contributed by atoms with Gasteiger partial charge >= 0.3 is 5.97 Å². The second kappa shape index (κ2) is 12.6. The number of aromatic nitrogens is 3. The number of nitrogens with zero attached hydrogens (tertiary/aromatic N) is 4. The second-order valence-corrected chi connectivity index (χ2v) is 10.8. The summed E-state index contributed by atoms with van der Waals surface area (Å²) in [6, 6.07) is 22.6. The molecule has 0 spiro atoms. The third-order valence-corrected chi connectivity index (χ3v) is 6.97. The molecule has 4 aromatic rings. The monoisotopic (exact) mass is 557 g/mol. The van der Waals surface area contributed by atoms with Gasteiger partial charge < -0.3 is 9.47 Å². The van der Waals surface area contributed by atoms with E-state index in [4.69, 9.17) is 9.47 Å². The molecular formula is C30H31N5O4S. The summed E-state index contributed by atoms with van der Waals surface area (Å²) in [6.45, 7) is 6.52. The molecular weight excluding hydrogens is 526 g/mol. The Bertz CT molecular complexity index is 1490. The van der Waals surface area contributed by atoms with E-state index in [0.29, 0.717) is 16.5 Å². The molecule has 1 N–H and O–H groups in total. The number of carbonyl (C=O) groups is 2. The summed E-state index contributed by atoms with van der Waals surface area (Å²) in [5, 5.41) is 13.5. The van der Waals surface area contributed by atoms with Crippen LogP contribution in [0.1, 0.15) is 42.3 Å². The van der Waals surface area contributed by atoms with E-state index in [9.17, 15) is 9.59 Å². The third-order valence-electron chi connectivity index (χ3n) is 6.04. The smallest absolute Gasteiger partial charge is 0.337 e. The molecule has 0 atom stereocenters. The van der Waals surface area contributed by atoms with Crippen LogP contribution in [-0.2, 0) is 14.9 Å². The largest absolute Gasteiger partial charge is 0.497 e. The molecule has 9 nitrogen and oxygen atoms in total. The van der Waals surface area contributed by atoms with Gasteiger partial charge in [0.05, 0.1) is 31.8 Å². The van der Waals surface area contributed by atoms with Gasteiger partial charge in [-0.15, -0.1) is 10.2 Å². The summed E-state index contributed by atoms with van der Waals surface area (Å²) >= 11 is 1.26. The molecule has 10 heteroatoms. The van der Waals surface area contributed by atoms with Gasteiger partial charge in [-0.25, -0.2) is 10.2 Å². The first-order valence-corrected chi connectivity index (χ1v) is 13.5. The predicted molar refractivity (Wildman–Crippen MR) is 156 cm³/mol. The topological polar surface area (TPSA) is 108 Å². The number of hydrazone groups is 1. The average molecular weight is 558 g/mol. The number of rotatable bonds is 9. The Kier molecular flexibility index (Phi) is 9.00. The van der Waals surface area contributed by atoms with Crippen molar-refractivity contribution in [3.8, 4) is 22.8 Å². The molecule has 0 aliphatic carbocycles. The highest BCUT2D eigenvalue weighted by molar-refractivity contribution is 7.99. The van der Waals surface area contributed by atoms with Crippen LogP contribution in [0.5, 0.6) is 5.75 Å². The standard InChI is InChI=1S/C30H31N5O4S/c1-30(2,3)23-12-10-21(11-13-23)27-33-34-29(35(27)24-14-16-25(38-4)17-15-24)40-19-26(36)32-31-18-20-6-8-22(9-7-20)28(37)39-5/h6-18H,19H2,1-5H3,(H,32,36).